The number of ether oxygens (including phenoxy) is 2. The summed E-state index contributed by atoms with van der Waals surface area (Å²) < 4.78 is 12.2. The van der Waals surface area contributed by atoms with Gasteiger partial charge in [0.05, 0.1) is 36.3 Å². The van der Waals surface area contributed by atoms with E-state index in [0.717, 1.165) is 55.3 Å². The van der Waals surface area contributed by atoms with Crippen molar-refractivity contribution in [1.82, 2.24) is 14.9 Å². The van der Waals surface area contributed by atoms with E-state index in [2.05, 4.69) is 50.1 Å². The van der Waals surface area contributed by atoms with E-state index in [1.54, 1.807) is 0 Å². The number of piperazine rings is 1. The van der Waals surface area contributed by atoms with Crippen molar-refractivity contribution in [2.45, 2.75) is 19.4 Å². The van der Waals surface area contributed by atoms with Crippen LogP contribution in [0.15, 0.2) is 91.8 Å². The number of nitrogens with zero attached hydrogens (tertiary/aromatic N) is 5. The maximum Gasteiger partial charge on any atom is 0.247 e. The van der Waals surface area contributed by atoms with Gasteiger partial charge in [0.15, 0.2) is 5.82 Å². The molecule has 11 heteroatoms. The first kappa shape index (κ1) is 30.9. The average molecular weight is 622 g/mol. The molecule has 2 N–H and O–H groups in total. The minimum absolute atomic E-state index is 0.0651. The van der Waals surface area contributed by atoms with Crippen molar-refractivity contribution in [1.29, 1.82) is 0 Å². The zero-order valence-electron chi connectivity index (χ0n) is 26.2. The average Bonchev–Trinajstić information content (AvgIpc) is 3.57. The molecular weight excluding hydrogens is 582 g/mol. The molecule has 0 aliphatic carbocycles. The largest absolute Gasteiger partial charge is 0.492 e. The molecule has 2 saturated heterocycles. The van der Waals surface area contributed by atoms with Gasteiger partial charge < -0.3 is 29.9 Å². The van der Waals surface area contributed by atoms with Gasteiger partial charge in [0.2, 0.25) is 5.91 Å². The van der Waals surface area contributed by atoms with Crippen LogP contribution in [0.5, 0.6) is 17.2 Å². The number of carbonyl (C=O) groups excluding carboxylic acids is 1. The molecule has 238 valence electrons. The molecule has 0 unspecified atom stereocenters. The number of likely N-dealkylation sites (N-methyl/N-ethyl adjacent to an activating group) is 1. The highest BCUT2D eigenvalue weighted by Gasteiger charge is 2.30. The summed E-state index contributed by atoms with van der Waals surface area (Å²) in [6.07, 6.45) is 3.56. The molecule has 11 nitrogen and oxygen atoms in total. The third kappa shape index (κ3) is 7.22. The first-order valence-electron chi connectivity index (χ1n) is 15.5. The van der Waals surface area contributed by atoms with E-state index in [1.165, 1.54) is 12.4 Å². The van der Waals surface area contributed by atoms with Gasteiger partial charge in [0.25, 0.3) is 0 Å². The first-order chi connectivity index (χ1) is 22.5. The molecular formula is C35H39N7O4. The Bertz CT molecular complexity index is 1660. The molecule has 1 aromatic heterocycles. The minimum atomic E-state index is -0.287. The van der Waals surface area contributed by atoms with Gasteiger partial charge in [-0.3, -0.25) is 9.63 Å². The lowest BCUT2D eigenvalue weighted by Crippen LogP contribution is -2.44. The molecule has 3 aromatic carbocycles. The van der Waals surface area contributed by atoms with Crippen LogP contribution in [0, 0.1) is 0 Å². The smallest absolute Gasteiger partial charge is 0.247 e. The van der Waals surface area contributed by atoms with Crippen LogP contribution < -0.4 is 30.1 Å². The Hall–Kier alpha value is -5.13. The molecule has 4 aromatic rings. The summed E-state index contributed by atoms with van der Waals surface area (Å²) in [4.78, 5) is 32.1. The number of hydroxylamine groups is 1. The molecule has 2 aliphatic heterocycles. The van der Waals surface area contributed by atoms with E-state index in [0.29, 0.717) is 42.0 Å². The van der Waals surface area contributed by atoms with Crippen LogP contribution in [-0.4, -0.2) is 67.2 Å². The third-order valence-corrected chi connectivity index (χ3v) is 7.95. The number of nitrogens with one attached hydrogen (secondary N) is 2. The normalized spacial score (nSPS) is 16.6. The lowest BCUT2D eigenvalue weighted by molar-refractivity contribution is -0.111. The first-order valence-corrected chi connectivity index (χ1v) is 15.5. The second kappa shape index (κ2) is 14.3. The fourth-order valence-corrected chi connectivity index (χ4v) is 5.62. The van der Waals surface area contributed by atoms with E-state index in [4.69, 9.17) is 14.3 Å². The Balaban J connectivity index is 1.26. The van der Waals surface area contributed by atoms with Crippen molar-refractivity contribution < 1.29 is 19.1 Å². The van der Waals surface area contributed by atoms with Crippen molar-refractivity contribution >= 4 is 34.6 Å². The molecule has 1 amide bonds. The molecule has 0 saturated carbocycles. The van der Waals surface area contributed by atoms with Crippen LogP contribution in [0.25, 0.3) is 0 Å². The number of para-hydroxylation sites is 1. The zero-order chi connectivity index (χ0) is 31.9. The van der Waals surface area contributed by atoms with Gasteiger partial charge in [-0.25, -0.2) is 15.0 Å². The van der Waals surface area contributed by atoms with Crippen molar-refractivity contribution in [2.24, 2.45) is 0 Å². The molecule has 2 aliphatic rings. The number of rotatable bonds is 11. The molecule has 46 heavy (non-hydrogen) atoms. The highest BCUT2D eigenvalue weighted by molar-refractivity contribution is 6.02. The highest BCUT2D eigenvalue weighted by atomic mass is 16.7. The molecule has 1 atom stereocenters. The molecule has 0 radical (unpaired) electrons. The molecule has 6 rings (SSSR count). The zero-order valence-corrected chi connectivity index (χ0v) is 26.2. The second-order valence-corrected chi connectivity index (χ2v) is 11.1. The van der Waals surface area contributed by atoms with E-state index in [-0.39, 0.29) is 11.9 Å². The standard InChI is InChI=1S/C35H39N7O4/c1-4-35(43)39-28-21-29(32(44-5-2)22-31(28)41-17-15-40(3)16-18-41)38-33-23-34(37-24-36-33)42-30(14-19-45-42)25-10-9-13-27(20-25)46-26-11-7-6-8-12-26/h4,6-13,20-24,30H,1,5,14-19H2,2-3H3,(H,39,43)(H,36,37,38)/t30-/m1/s1. The second-order valence-electron chi connectivity index (χ2n) is 11.1. The molecule has 3 heterocycles. The lowest BCUT2D eigenvalue weighted by atomic mass is 10.0. The summed E-state index contributed by atoms with van der Waals surface area (Å²) in [6.45, 7) is 10.1. The van der Waals surface area contributed by atoms with Crippen molar-refractivity contribution in [3.05, 3.63) is 97.3 Å². The number of carbonyl (C=O) groups is 1. The predicted octanol–water partition coefficient (Wildman–Crippen LogP) is 6.17. The van der Waals surface area contributed by atoms with Crippen LogP contribution in [0.2, 0.25) is 0 Å². The summed E-state index contributed by atoms with van der Waals surface area (Å²) in [7, 11) is 2.11. The molecule has 2 fully saturated rings. The Kier molecular flexibility index (Phi) is 9.61. The van der Waals surface area contributed by atoms with Crippen molar-refractivity contribution in [3.8, 4) is 17.2 Å². The minimum Gasteiger partial charge on any atom is -0.492 e. The van der Waals surface area contributed by atoms with Crippen molar-refractivity contribution in [3.63, 3.8) is 0 Å². The summed E-state index contributed by atoms with van der Waals surface area (Å²) in [5.41, 5.74) is 3.27. The van der Waals surface area contributed by atoms with E-state index < -0.39 is 0 Å². The van der Waals surface area contributed by atoms with Gasteiger partial charge >= 0.3 is 0 Å². The maximum atomic E-state index is 12.4. The van der Waals surface area contributed by atoms with Gasteiger partial charge in [-0.05, 0) is 55.9 Å². The highest BCUT2D eigenvalue weighted by Crippen LogP contribution is 2.40. The quantitative estimate of drug-likeness (QED) is 0.189. The Morgan fingerprint density at radius 1 is 1.00 bits per heavy atom. The van der Waals surface area contributed by atoms with Crippen LogP contribution in [0.4, 0.5) is 28.7 Å². The van der Waals surface area contributed by atoms with E-state index >= 15 is 0 Å². The fourth-order valence-electron chi connectivity index (χ4n) is 5.62. The number of aromatic nitrogens is 2. The Morgan fingerprint density at radius 2 is 1.80 bits per heavy atom. The van der Waals surface area contributed by atoms with E-state index in [9.17, 15) is 4.79 Å². The number of anilines is 5. The van der Waals surface area contributed by atoms with Crippen LogP contribution in [0.1, 0.15) is 24.9 Å². The number of hydrogen-bond acceptors (Lipinski definition) is 10. The lowest BCUT2D eigenvalue weighted by Gasteiger charge is -2.35. The summed E-state index contributed by atoms with van der Waals surface area (Å²) in [5.74, 6) is 3.06. The van der Waals surface area contributed by atoms with Crippen LogP contribution >= 0.6 is 0 Å². The van der Waals surface area contributed by atoms with Crippen LogP contribution in [-0.2, 0) is 9.63 Å². The summed E-state index contributed by atoms with van der Waals surface area (Å²) in [5, 5.41) is 8.21. The number of hydrogen-bond donors (Lipinski definition) is 2. The topological polar surface area (TPSA) is 104 Å². The SMILES string of the molecule is C=CC(=O)Nc1cc(Nc2cc(N3OCC[C@@H]3c3cccc(Oc4ccccc4)c3)ncn2)c(OCC)cc1N1CCN(C)CC1. The van der Waals surface area contributed by atoms with E-state index in [1.807, 2.05) is 78.7 Å². The molecule has 0 spiro atoms. The Labute approximate surface area is 269 Å². The van der Waals surface area contributed by atoms with Gasteiger partial charge in [0, 0.05) is 44.7 Å². The third-order valence-electron chi connectivity index (χ3n) is 7.95. The fraction of sp³-hybridized carbons (Fsp3) is 0.286. The van der Waals surface area contributed by atoms with Gasteiger partial charge in [-0.2, -0.15) is 0 Å². The van der Waals surface area contributed by atoms with Crippen LogP contribution in [0.3, 0.4) is 0 Å². The monoisotopic (exact) mass is 621 g/mol. The van der Waals surface area contributed by atoms with Crippen molar-refractivity contribution in [2.75, 3.05) is 67.0 Å². The van der Waals surface area contributed by atoms with Gasteiger partial charge in [-0.15, -0.1) is 0 Å². The Morgan fingerprint density at radius 3 is 2.59 bits per heavy atom. The van der Waals surface area contributed by atoms with Gasteiger partial charge in [-0.1, -0.05) is 36.9 Å². The van der Waals surface area contributed by atoms with Gasteiger partial charge in [0.1, 0.15) is 29.4 Å². The summed E-state index contributed by atoms with van der Waals surface area (Å²) in [6, 6.07) is 23.4. The number of amides is 1. The maximum absolute atomic E-state index is 12.4. The summed E-state index contributed by atoms with van der Waals surface area (Å²) >= 11 is 0. The number of benzene rings is 3. The predicted molar refractivity (Wildman–Crippen MR) is 180 cm³/mol. The molecule has 0 bridgehead atoms.